The van der Waals surface area contributed by atoms with Crippen LogP contribution in [0.4, 0.5) is 15.8 Å². The molecule has 142 valence electrons. The van der Waals surface area contributed by atoms with Crippen molar-refractivity contribution < 1.29 is 14.0 Å². The molecule has 0 spiro atoms. The molecule has 0 atom stereocenters. The van der Waals surface area contributed by atoms with Gasteiger partial charge in [0.25, 0.3) is 0 Å². The number of benzene rings is 2. The quantitative estimate of drug-likeness (QED) is 0.824. The fourth-order valence-corrected chi connectivity index (χ4v) is 3.37. The van der Waals surface area contributed by atoms with Crippen molar-refractivity contribution >= 4 is 34.8 Å². The van der Waals surface area contributed by atoms with E-state index < -0.39 is 0 Å². The fourth-order valence-electron chi connectivity index (χ4n) is 3.19. The maximum Gasteiger partial charge on any atom is 0.243 e. The van der Waals surface area contributed by atoms with Crippen LogP contribution in [0, 0.1) is 12.7 Å². The molecule has 7 heteroatoms. The molecular weight excluding hydrogens is 369 g/mol. The van der Waals surface area contributed by atoms with Crippen LogP contribution in [0.5, 0.6) is 0 Å². The van der Waals surface area contributed by atoms with Gasteiger partial charge in [0.1, 0.15) is 5.82 Å². The van der Waals surface area contributed by atoms with Crippen LogP contribution in [0.2, 0.25) is 5.02 Å². The van der Waals surface area contributed by atoms with Crippen molar-refractivity contribution in [2.24, 2.45) is 0 Å². The predicted octanol–water partition coefficient (Wildman–Crippen LogP) is 3.30. The Morgan fingerprint density at radius 1 is 1.19 bits per heavy atom. The van der Waals surface area contributed by atoms with Crippen LogP contribution in [0.3, 0.4) is 0 Å². The molecule has 5 nitrogen and oxygen atoms in total. The summed E-state index contributed by atoms with van der Waals surface area (Å²) in [5.41, 5.74) is 2.76. The molecule has 2 N–H and O–H groups in total. The second-order valence-corrected chi connectivity index (χ2v) is 6.92. The lowest BCUT2D eigenvalue weighted by molar-refractivity contribution is -0.123. The molecule has 2 aromatic rings. The first kappa shape index (κ1) is 19.2. The molecule has 1 aliphatic rings. The van der Waals surface area contributed by atoms with E-state index >= 15 is 0 Å². The van der Waals surface area contributed by atoms with Gasteiger partial charge in [-0.3, -0.25) is 9.59 Å². The Labute approximate surface area is 162 Å². The minimum atomic E-state index is -0.348. The normalized spacial score (nSPS) is 13.1. The van der Waals surface area contributed by atoms with Crippen molar-refractivity contribution in [3.8, 4) is 0 Å². The summed E-state index contributed by atoms with van der Waals surface area (Å²) >= 11 is 6.03. The summed E-state index contributed by atoms with van der Waals surface area (Å²) in [5.74, 6) is -1.00. The number of halogens is 2. The maximum absolute atomic E-state index is 14.2. The van der Waals surface area contributed by atoms with E-state index in [0.29, 0.717) is 22.9 Å². The van der Waals surface area contributed by atoms with E-state index in [1.165, 1.54) is 6.07 Å². The molecule has 2 aromatic carbocycles. The highest BCUT2D eigenvalue weighted by molar-refractivity contribution is 6.31. The number of carbonyl (C=O) groups is 2. The minimum absolute atomic E-state index is 0.0113. The molecule has 0 saturated carbocycles. The van der Waals surface area contributed by atoms with E-state index in [-0.39, 0.29) is 30.7 Å². The Morgan fingerprint density at radius 3 is 2.78 bits per heavy atom. The molecule has 3 rings (SSSR count). The van der Waals surface area contributed by atoms with Gasteiger partial charge in [-0.05, 0) is 49.1 Å². The monoisotopic (exact) mass is 389 g/mol. The van der Waals surface area contributed by atoms with E-state index in [1.807, 2.05) is 6.07 Å². The van der Waals surface area contributed by atoms with Crippen molar-refractivity contribution in [2.45, 2.75) is 19.8 Å². The van der Waals surface area contributed by atoms with Crippen molar-refractivity contribution in [3.05, 3.63) is 58.4 Å². The number of nitrogens with zero attached hydrogens (tertiary/aromatic N) is 1. The van der Waals surface area contributed by atoms with Gasteiger partial charge in [-0.25, -0.2) is 4.39 Å². The molecule has 0 unspecified atom stereocenters. The van der Waals surface area contributed by atoms with Gasteiger partial charge in [-0.1, -0.05) is 29.8 Å². The summed E-state index contributed by atoms with van der Waals surface area (Å²) in [7, 11) is 0. The van der Waals surface area contributed by atoms with Crippen molar-refractivity contribution in [2.75, 3.05) is 29.9 Å². The van der Waals surface area contributed by atoms with E-state index in [4.69, 9.17) is 11.6 Å². The van der Waals surface area contributed by atoms with Crippen molar-refractivity contribution in [1.29, 1.82) is 0 Å². The summed E-state index contributed by atoms with van der Waals surface area (Å²) in [5, 5.41) is 5.87. The highest BCUT2D eigenvalue weighted by Crippen LogP contribution is 2.29. The zero-order valence-electron chi connectivity index (χ0n) is 15.0. The number of anilines is 2. The maximum atomic E-state index is 14.2. The molecule has 0 radical (unpaired) electrons. The van der Waals surface area contributed by atoms with Gasteiger partial charge in [-0.15, -0.1) is 0 Å². The van der Waals surface area contributed by atoms with Gasteiger partial charge in [0.2, 0.25) is 11.8 Å². The first-order valence-electron chi connectivity index (χ1n) is 8.79. The SMILES string of the molecule is Cc1c(Cl)cccc1NC(=O)CNC(=O)CN1CCCc2cccc(F)c21. The molecule has 0 saturated heterocycles. The molecule has 1 heterocycles. The van der Waals surface area contributed by atoms with E-state index in [2.05, 4.69) is 10.6 Å². The zero-order valence-corrected chi connectivity index (χ0v) is 15.8. The summed E-state index contributed by atoms with van der Waals surface area (Å²) in [6.45, 7) is 2.26. The Morgan fingerprint density at radius 2 is 1.96 bits per heavy atom. The van der Waals surface area contributed by atoms with Crippen molar-refractivity contribution in [3.63, 3.8) is 0 Å². The lowest BCUT2D eigenvalue weighted by Gasteiger charge is -2.31. The highest BCUT2D eigenvalue weighted by atomic mass is 35.5. The van der Waals surface area contributed by atoms with Crippen LogP contribution in [-0.4, -0.2) is 31.4 Å². The smallest absolute Gasteiger partial charge is 0.243 e. The standard InChI is InChI=1S/C20H21ClFN3O2/c1-13-15(21)7-3-9-17(13)24-18(26)11-23-19(27)12-25-10-4-6-14-5-2-8-16(22)20(14)25/h2-3,5,7-9H,4,6,10-12H2,1H3,(H,23,27)(H,24,26). The first-order chi connectivity index (χ1) is 13.0. The van der Waals surface area contributed by atoms with Crippen molar-refractivity contribution in [1.82, 2.24) is 5.32 Å². The summed E-state index contributed by atoms with van der Waals surface area (Å²) in [6, 6.07) is 10.2. The van der Waals surface area contributed by atoms with Crippen LogP contribution in [-0.2, 0) is 16.0 Å². The average Bonchev–Trinajstić information content (AvgIpc) is 2.64. The molecule has 0 aliphatic carbocycles. The number of amides is 2. The molecule has 27 heavy (non-hydrogen) atoms. The third-order valence-electron chi connectivity index (χ3n) is 4.58. The van der Waals surface area contributed by atoms with Crippen LogP contribution in [0.15, 0.2) is 36.4 Å². The number of nitrogens with one attached hydrogen (secondary N) is 2. The number of rotatable bonds is 5. The van der Waals surface area contributed by atoms with Gasteiger partial charge in [0.05, 0.1) is 18.8 Å². The van der Waals surface area contributed by atoms with E-state index in [9.17, 15) is 14.0 Å². The number of hydrogen-bond acceptors (Lipinski definition) is 3. The molecular formula is C20H21ClFN3O2. The third kappa shape index (κ3) is 4.57. The number of para-hydroxylation sites is 1. The second-order valence-electron chi connectivity index (χ2n) is 6.51. The summed E-state index contributed by atoms with van der Waals surface area (Å²) in [6.07, 6.45) is 1.66. The fraction of sp³-hybridized carbons (Fsp3) is 0.300. The van der Waals surface area contributed by atoms with E-state index in [1.54, 1.807) is 36.1 Å². The topological polar surface area (TPSA) is 61.4 Å². The highest BCUT2D eigenvalue weighted by Gasteiger charge is 2.22. The van der Waals surface area contributed by atoms with E-state index in [0.717, 1.165) is 24.0 Å². The largest absolute Gasteiger partial charge is 0.360 e. The molecule has 0 aromatic heterocycles. The van der Waals surface area contributed by atoms with Crippen LogP contribution in [0.25, 0.3) is 0 Å². The molecule has 1 aliphatic heterocycles. The summed E-state index contributed by atoms with van der Waals surface area (Å²) in [4.78, 5) is 26.0. The van der Waals surface area contributed by atoms with Gasteiger partial charge >= 0.3 is 0 Å². The van der Waals surface area contributed by atoms with Gasteiger partial charge < -0.3 is 15.5 Å². The Balaban J connectivity index is 1.55. The summed E-state index contributed by atoms with van der Waals surface area (Å²) < 4.78 is 14.2. The molecule has 2 amide bonds. The van der Waals surface area contributed by atoms with Gasteiger partial charge in [0.15, 0.2) is 0 Å². The first-order valence-corrected chi connectivity index (χ1v) is 9.17. The third-order valence-corrected chi connectivity index (χ3v) is 4.99. The predicted molar refractivity (Wildman–Crippen MR) is 105 cm³/mol. The Hall–Kier alpha value is -2.60. The Bertz CT molecular complexity index is 872. The second kappa shape index (κ2) is 8.39. The minimum Gasteiger partial charge on any atom is -0.360 e. The number of hydrogen-bond donors (Lipinski definition) is 2. The van der Waals surface area contributed by atoms with Crippen LogP contribution < -0.4 is 15.5 Å². The van der Waals surface area contributed by atoms with Gasteiger partial charge in [-0.2, -0.15) is 0 Å². The average molecular weight is 390 g/mol. The lowest BCUT2D eigenvalue weighted by atomic mass is 10.0. The number of fused-ring (bicyclic) bond motifs is 1. The van der Waals surface area contributed by atoms with Crippen LogP contribution >= 0.6 is 11.6 Å². The molecule has 0 fully saturated rings. The Kier molecular flexibility index (Phi) is 5.96. The van der Waals surface area contributed by atoms with Gasteiger partial charge in [0, 0.05) is 17.3 Å². The number of aryl methyl sites for hydroxylation is 1. The lowest BCUT2D eigenvalue weighted by Crippen LogP contribution is -2.42. The molecule has 0 bridgehead atoms. The zero-order chi connectivity index (χ0) is 19.4. The number of carbonyl (C=O) groups excluding carboxylic acids is 2. The van der Waals surface area contributed by atoms with Crippen LogP contribution in [0.1, 0.15) is 17.5 Å².